The summed E-state index contributed by atoms with van der Waals surface area (Å²) in [5.41, 5.74) is 6.31. The first-order valence-electron chi connectivity index (χ1n) is 7.46. The maximum Gasteiger partial charge on any atom is 0.281 e. The third-order valence-corrected chi connectivity index (χ3v) is 3.62. The smallest absolute Gasteiger partial charge is 0.281 e. The Labute approximate surface area is 149 Å². The predicted molar refractivity (Wildman–Crippen MR) is 96.7 cm³/mol. The Hall–Kier alpha value is -4.01. The zero-order valence-corrected chi connectivity index (χ0v) is 13.7. The van der Waals surface area contributed by atoms with Crippen LogP contribution >= 0.6 is 0 Å². The summed E-state index contributed by atoms with van der Waals surface area (Å²) in [5.74, 6) is -1.07. The third kappa shape index (κ3) is 2.57. The lowest BCUT2D eigenvalue weighted by molar-refractivity contribution is 0.0649. The Morgan fingerprint density at radius 2 is 1.42 bits per heavy atom. The van der Waals surface area contributed by atoms with E-state index < -0.39 is 11.8 Å². The van der Waals surface area contributed by atoms with Crippen LogP contribution in [0.2, 0.25) is 0 Å². The molecule has 2 aromatic rings. The van der Waals surface area contributed by atoms with Crippen LogP contribution in [0.25, 0.3) is 0 Å². The van der Waals surface area contributed by atoms with E-state index in [2.05, 4.69) is 34.7 Å². The third-order valence-electron chi connectivity index (χ3n) is 3.62. The highest BCUT2D eigenvalue weighted by molar-refractivity contribution is 6.22. The van der Waals surface area contributed by atoms with Crippen molar-refractivity contribution in [3.8, 4) is 0 Å². The molecule has 1 aromatic heterocycles. The molecule has 0 aliphatic carbocycles. The molecule has 0 unspecified atom stereocenters. The van der Waals surface area contributed by atoms with Crippen LogP contribution in [0.15, 0.2) is 62.6 Å². The highest BCUT2D eigenvalue weighted by Gasteiger charge is 2.39. The van der Waals surface area contributed by atoms with E-state index in [9.17, 15) is 9.59 Å². The second-order valence-electron chi connectivity index (χ2n) is 5.06. The first kappa shape index (κ1) is 16.8. The minimum Gasteiger partial charge on any atom is -0.368 e. The summed E-state index contributed by atoms with van der Waals surface area (Å²) >= 11 is 0. The summed E-state index contributed by atoms with van der Waals surface area (Å²) in [6.07, 6.45) is 4.09. The molecule has 0 fully saturated rings. The topological polar surface area (TPSA) is 109 Å². The first-order valence-corrected chi connectivity index (χ1v) is 7.46. The van der Waals surface area contributed by atoms with Crippen LogP contribution in [0.3, 0.4) is 0 Å². The number of hydrogen-bond donors (Lipinski definition) is 1. The van der Waals surface area contributed by atoms with Crippen LogP contribution in [0.4, 0.5) is 17.8 Å². The average molecular weight is 349 g/mol. The molecule has 2 N–H and O–H groups in total. The molecule has 3 rings (SSSR count). The van der Waals surface area contributed by atoms with E-state index in [0.717, 1.165) is 10.0 Å². The molecule has 0 radical (unpaired) electrons. The molecule has 9 nitrogen and oxygen atoms in total. The van der Waals surface area contributed by atoms with E-state index in [-0.39, 0.29) is 29.0 Å². The van der Waals surface area contributed by atoms with E-state index in [1.54, 1.807) is 24.3 Å². The molecule has 0 spiro atoms. The lowest BCUT2D eigenvalue weighted by Gasteiger charge is -2.26. The van der Waals surface area contributed by atoms with Crippen molar-refractivity contribution < 1.29 is 9.59 Å². The maximum absolute atomic E-state index is 12.7. The number of amides is 2. The molecule has 2 amide bonds. The van der Waals surface area contributed by atoms with E-state index in [0.29, 0.717) is 0 Å². The van der Waals surface area contributed by atoms with Gasteiger partial charge in [0.05, 0.1) is 11.1 Å². The highest BCUT2D eigenvalue weighted by Crippen LogP contribution is 2.27. The quantitative estimate of drug-likeness (QED) is 0.785. The molecule has 2 heterocycles. The number of hydrogen-bond acceptors (Lipinski definition) is 8. The number of aromatic nitrogens is 3. The lowest BCUT2D eigenvalue weighted by atomic mass is 10.1. The van der Waals surface area contributed by atoms with Crippen molar-refractivity contribution in [1.82, 2.24) is 20.0 Å². The van der Waals surface area contributed by atoms with Crippen molar-refractivity contribution in [3.63, 3.8) is 0 Å². The number of fused-ring (bicyclic) bond motifs is 1. The van der Waals surface area contributed by atoms with Crippen molar-refractivity contribution >= 4 is 29.7 Å². The number of anilines is 3. The summed E-state index contributed by atoms with van der Waals surface area (Å²) < 4.78 is 0. The van der Waals surface area contributed by atoms with Gasteiger partial charge in [-0.25, -0.2) is 5.01 Å². The fraction of sp³-hybridized carbons (Fsp3) is 0. The SMILES string of the molecule is C=CN(C=C)c1nc(N)nc(N(C=C)N2C(=O)c3ccccc3C2=O)n1. The summed E-state index contributed by atoms with van der Waals surface area (Å²) in [4.78, 5) is 38.9. The number of carbonyl (C=O) groups is 2. The van der Waals surface area contributed by atoms with Gasteiger partial charge in [-0.05, 0) is 12.1 Å². The first-order chi connectivity index (χ1) is 12.5. The molecule has 0 saturated heterocycles. The van der Waals surface area contributed by atoms with E-state index >= 15 is 0 Å². The number of nitrogens with two attached hydrogens (primary N) is 1. The Morgan fingerprint density at radius 3 is 1.92 bits per heavy atom. The zero-order valence-electron chi connectivity index (χ0n) is 13.7. The predicted octanol–water partition coefficient (Wildman–Crippen LogP) is 1.71. The number of imide groups is 1. The summed E-state index contributed by atoms with van der Waals surface area (Å²) in [6, 6.07) is 6.50. The van der Waals surface area contributed by atoms with Crippen LogP contribution in [-0.2, 0) is 0 Å². The number of rotatable bonds is 6. The molecule has 1 aliphatic rings. The average Bonchev–Trinajstić information content (AvgIpc) is 2.89. The number of benzene rings is 1. The maximum atomic E-state index is 12.7. The fourth-order valence-electron chi connectivity index (χ4n) is 2.45. The van der Waals surface area contributed by atoms with Gasteiger partial charge in [-0.3, -0.25) is 14.5 Å². The van der Waals surface area contributed by atoms with Crippen molar-refractivity contribution in [3.05, 3.63) is 73.7 Å². The molecule has 9 heteroatoms. The molecule has 0 atom stereocenters. The standard InChI is InChI=1S/C17H15N7O2/c1-4-22(5-2)16-19-15(18)20-17(21-16)23(6-3)24-13(25)11-9-7-8-10-12(11)14(24)26/h4-10H,1-3H2,(H2,18,19,20,21). The molecule has 0 saturated carbocycles. The Bertz CT molecular complexity index is 897. The van der Waals surface area contributed by atoms with Gasteiger partial charge < -0.3 is 5.73 Å². The van der Waals surface area contributed by atoms with Crippen LogP contribution < -0.4 is 15.6 Å². The molecule has 130 valence electrons. The highest BCUT2D eigenvalue weighted by atomic mass is 16.2. The van der Waals surface area contributed by atoms with E-state index in [4.69, 9.17) is 5.73 Å². The molecular formula is C17H15N7O2. The van der Waals surface area contributed by atoms with Gasteiger partial charge in [0.25, 0.3) is 17.8 Å². The van der Waals surface area contributed by atoms with Gasteiger partial charge in [0.2, 0.25) is 11.9 Å². The molecule has 0 bridgehead atoms. The monoisotopic (exact) mass is 349 g/mol. The molecule has 1 aliphatic heterocycles. The van der Waals surface area contributed by atoms with Gasteiger partial charge in [0.1, 0.15) is 0 Å². The van der Waals surface area contributed by atoms with Gasteiger partial charge >= 0.3 is 0 Å². The Morgan fingerprint density at radius 1 is 0.885 bits per heavy atom. The van der Waals surface area contributed by atoms with Gasteiger partial charge in [-0.15, -0.1) is 0 Å². The fourth-order valence-corrected chi connectivity index (χ4v) is 2.45. The van der Waals surface area contributed by atoms with Gasteiger partial charge in [0.15, 0.2) is 0 Å². The molecule has 26 heavy (non-hydrogen) atoms. The van der Waals surface area contributed by atoms with Crippen molar-refractivity contribution in [1.29, 1.82) is 0 Å². The van der Waals surface area contributed by atoms with Crippen LogP contribution in [-0.4, -0.2) is 31.8 Å². The second-order valence-corrected chi connectivity index (χ2v) is 5.06. The van der Waals surface area contributed by atoms with Gasteiger partial charge in [-0.2, -0.15) is 20.0 Å². The van der Waals surface area contributed by atoms with Crippen LogP contribution in [0.5, 0.6) is 0 Å². The lowest BCUT2D eigenvalue weighted by Crippen LogP contribution is -2.44. The van der Waals surface area contributed by atoms with Gasteiger partial charge in [-0.1, -0.05) is 31.9 Å². The largest absolute Gasteiger partial charge is 0.368 e. The second kappa shape index (κ2) is 6.48. The number of hydrazine groups is 1. The summed E-state index contributed by atoms with van der Waals surface area (Å²) in [5, 5.41) is 2.01. The van der Waals surface area contributed by atoms with Crippen molar-refractivity contribution in [2.24, 2.45) is 0 Å². The summed E-state index contributed by atoms with van der Waals surface area (Å²) in [7, 11) is 0. The number of nitrogens with zero attached hydrogens (tertiary/aromatic N) is 6. The van der Waals surface area contributed by atoms with Gasteiger partial charge in [0, 0.05) is 18.6 Å². The Balaban J connectivity index is 2.07. The van der Waals surface area contributed by atoms with Crippen molar-refractivity contribution in [2.45, 2.75) is 0 Å². The number of carbonyl (C=O) groups excluding carboxylic acids is 2. The Kier molecular flexibility index (Phi) is 4.19. The van der Waals surface area contributed by atoms with Crippen LogP contribution in [0.1, 0.15) is 20.7 Å². The normalized spacial score (nSPS) is 12.5. The zero-order chi connectivity index (χ0) is 18.8. The van der Waals surface area contributed by atoms with Crippen LogP contribution in [0, 0.1) is 0 Å². The molecular weight excluding hydrogens is 334 g/mol. The van der Waals surface area contributed by atoms with E-state index in [1.165, 1.54) is 23.5 Å². The molecule has 1 aromatic carbocycles. The summed E-state index contributed by atoms with van der Waals surface area (Å²) in [6.45, 7) is 10.9. The van der Waals surface area contributed by atoms with E-state index in [1.807, 2.05) is 0 Å². The minimum absolute atomic E-state index is 0.0503. The van der Waals surface area contributed by atoms with Crippen molar-refractivity contribution in [2.75, 3.05) is 15.6 Å². The number of nitrogen functional groups attached to an aromatic ring is 1. The minimum atomic E-state index is -0.518.